The summed E-state index contributed by atoms with van der Waals surface area (Å²) < 4.78 is 0. The number of hydrogen-bond donors (Lipinski definition) is 1. The first-order chi connectivity index (χ1) is 9.52. The van der Waals surface area contributed by atoms with Crippen LogP contribution in [0.3, 0.4) is 0 Å². The van der Waals surface area contributed by atoms with Gasteiger partial charge in [-0.2, -0.15) is 0 Å². The van der Waals surface area contributed by atoms with Gasteiger partial charge in [0.05, 0.1) is 0 Å². The Bertz CT molecular complexity index is 463. The molecule has 1 aliphatic heterocycles. The van der Waals surface area contributed by atoms with Crippen LogP contribution in [0.1, 0.15) is 29.8 Å². The number of rotatable bonds is 3. The van der Waals surface area contributed by atoms with E-state index in [0.29, 0.717) is 18.6 Å². The van der Waals surface area contributed by atoms with Crippen molar-refractivity contribution in [3.63, 3.8) is 0 Å². The van der Waals surface area contributed by atoms with Crippen LogP contribution in [-0.4, -0.2) is 54.5 Å². The molecular weight excluding hydrogens is 250 g/mol. The van der Waals surface area contributed by atoms with E-state index in [1.165, 1.54) is 0 Å². The van der Waals surface area contributed by atoms with Gasteiger partial charge in [0.1, 0.15) is 0 Å². The Hall–Kier alpha value is -1.39. The molecule has 0 aromatic heterocycles. The molecule has 2 atom stereocenters. The summed E-state index contributed by atoms with van der Waals surface area (Å²) in [5.74, 6) is 0.135. The minimum atomic E-state index is 0.135. The van der Waals surface area contributed by atoms with Crippen LogP contribution in [-0.2, 0) is 6.42 Å². The first-order valence-corrected chi connectivity index (χ1v) is 7.33. The molecular formula is C16H25N3O. The zero-order chi connectivity index (χ0) is 14.7. The van der Waals surface area contributed by atoms with Crippen LogP contribution in [0.15, 0.2) is 24.3 Å². The molecule has 0 aliphatic carbocycles. The number of nitrogens with zero attached hydrogens (tertiary/aromatic N) is 2. The average molecular weight is 275 g/mol. The Morgan fingerprint density at radius 1 is 1.30 bits per heavy atom. The molecule has 20 heavy (non-hydrogen) atoms. The third-order valence-corrected chi connectivity index (χ3v) is 4.25. The van der Waals surface area contributed by atoms with Gasteiger partial charge in [0.15, 0.2) is 0 Å². The predicted octanol–water partition coefficient (Wildman–Crippen LogP) is 1.35. The molecule has 2 N–H and O–H groups in total. The highest BCUT2D eigenvalue weighted by Crippen LogP contribution is 2.17. The van der Waals surface area contributed by atoms with Crippen LogP contribution < -0.4 is 5.73 Å². The third-order valence-electron chi connectivity index (χ3n) is 4.25. The van der Waals surface area contributed by atoms with Crippen molar-refractivity contribution in [3.8, 4) is 0 Å². The van der Waals surface area contributed by atoms with Crippen LogP contribution in [0.5, 0.6) is 0 Å². The number of likely N-dealkylation sites (N-methyl/N-ethyl adjacent to an activating group) is 1. The summed E-state index contributed by atoms with van der Waals surface area (Å²) >= 11 is 0. The van der Waals surface area contributed by atoms with Crippen molar-refractivity contribution in [2.24, 2.45) is 5.73 Å². The van der Waals surface area contributed by atoms with Crippen LogP contribution in [0.2, 0.25) is 0 Å². The van der Waals surface area contributed by atoms with Crippen LogP contribution in [0.4, 0.5) is 0 Å². The van der Waals surface area contributed by atoms with E-state index in [0.717, 1.165) is 30.6 Å². The first-order valence-electron chi connectivity index (χ1n) is 7.33. The number of amides is 1. The fraction of sp³-hybridized carbons (Fsp3) is 0.562. The quantitative estimate of drug-likeness (QED) is 0.906. The lowest BCUT2D eigenvalue weighted by Crippen LogP contribution is -2.56. The molecule has 1 aromatic rings. The summed E-state index contributed by atoms with van der Waals surface area (Å²) in [4.78, 5) is 16.9. The number of benzene rings is 1. The third kappa shape index (κ3) is 3.19. The molecule has 4 nitrogen and oxygen atoms in total. The van der Waals surface area contributed by atoms with Crippen molar-refractivity contribution in [1.29, 1.82) is 0 Å². The minimum absolute atomic E-state index is 0.135. The van der Waals surface area contributed by atoms with E-state index in [1.807, 2.05) is 29.2 Å². The Labute approximate surface area is 121 Å². The fourth-order valence-corrected chi connectivity index (χ4v) is 2.78. The van der Waals surface area contributed by atoms with Gasteiger partial charge < -0.3 is 10.6 Å². The maximum absolute atomic E-state index is 12.6. The van der Waals surface area contributed by atoms with Gasteiger partial charge in [-0.3, -0.25) is 9.69 Å². The van der Waals surface area contributed by atoms with E-state index >= 15 is 0 Å². The maximum Gasteiger partial charge on any atom is 0.253 e. The lowest BCUT2D eigenvalue weighted by atomic mass is 10.0. The fourth-order valence-electron chi connectivity index (χ4n) is 2.78. The smallest absolute Gasteiger partial charge is 0.253 e. The SMILES string of the molecule is CC1CN(C(=O)c2cccc(CCN)c2)CC(C)N1C. The molecule has 0 saturated carbocycles. The molecule has 1 amide bonds. The zero-order valence-electron chi connectivity index (χ0n) is 12.7. The van der Waals surface area contributed by atoms with Crippen molar-refractivity contribution in [2.75, 3.05) is 26.7 Å². The molecule has 1 aromatic carbocycles. The Kier molecular flexibility index (Phi) is 4.78. The van der Waals surface area contributed by atoms with Crippen LogP contribution >= 0.6 is 0 Å². The summed E-state index contributed by atoms with van der Waals surface area (Å²) in [6.45, 7) is 6.53. The van der Waals surface area contributed by atoms with Crippen molar-refractivity contribution >= 4 is 5.91 Å². The van der Waals surface area contributed by atoms with Gasteiger partial charge >= 0.3 is 0 Å². The molecule has 110 valence electrons. The lowest BCUT2D eigenvalue weighted by molar-refractivity contribution is 0.0414. The number of nitrogens with two attached hydrogens (primary N) is 1. The summed E-state index contributed by atoms with van der Waals surface area (Å²) in [5.41, 5.74) is 7.49. The first kappa shape index (κ1) is 15.0. The number of carbonyl (C=O) groups is 1. The maximum atomic E-state index is 12.6. The van der Waals surface area contributed by atoms with E-state index in [1.54, 1.807) is 0 Å². The average Bonchev–Trinajstić information content (AvgIpc) is 2.44. The highest BCUT2D eigenvalue weighted by atomic mass is 16.2. The zero-order valence-corrected chi connectivity index (χ0v) is 12.7. The van der Waals surface area contributed by atoms with E-state index in [9.17, 15) is 4.79 Å². The molecule has 0 spiro atoms. The molecule has 0 radical (unpaired) electrons. The normalized spacial score (nSPS) is 23.9. The second-order valence-electron chi connectivity index (χ2n) is 5.81. The van der Waals surface area contributed by atoms with Gasteiger partial charge in [-0.05, 0) is 51.6 Å². The number of piperazine rings is 1. The van der Waals surface area contributed by atoms with Gasteiger partial charge in [0.2, 0.25) is 0 Å². The topological polar surface area (TPSA) is 49.6 Å². The summed E-state index contributed by atoms with van der Waals surface area (Å²) in [5, 5.41) is 0. The number of carbonyl (C=O) groups excluding carboxylic acids is 1. The van der Waals surface area contributed by atoms with E-state index in [2.05, 4.69) is 25.8 Å². The Balaban J connectivity index is 2.13. The molecule has 4 heteroatoms. The summed E-state index contributed by atoms with van der Waals surface area (Å²) in [6, 6.07) is 8.64. The Morgan fingerprint density at radius 2 is 1.95 bits per heavy atom. The largest absolute Gasteiger partial charge is 0.336 e. The summed E-state index contributed by atoms with van der Waals surface area (Å²) in [6.07, 6.45) is 0.816. The molecule has 0 bridgehead atoms. The monoisotopic (exact) mass is 275 g/mol. The molecule has 1 heterocycles. The number of hydrogen-bond acceptors (Lipinski definition) is 3. The standard InChI is InChI=1S/C16H25N3O/c1-12-10-19(11-13(2)18(12)3)16(20)15-6-4-5-14(9-15)7-8-17/h4-6,9,12-13H,7-8,10-11,17H2,1-3H3. The highest BCUT2D eigenvalue weighted by Gasteiger charge is 2.29. The van der Waals surface area contributed by atoms with E-state index in [4.69, 9.17) is 5.73 Å². The van der Waals surface area contributed by atoms with Gasteiger partial charge in [0.25, 0.3) is 5.91 Å². The van der Waals surface area contributed by atoms with Crippen molar-refractivity contribution in [1.82, 2.24) is 9.80 Å². The molecule has 2 rings (SSSR count). The summed E-state index contributed by atoms with van der Waals surface area (Å²) in [7, 11) is 2.12. The molecule has 2 unspecified atom stereocenters. The molecule has 1 aliphatic rings. The van der Waals surface area contributed by atoms with E-state index < -0.39 is 0 Å². The second-order valence-corrected chi connectivity index (χ2v) is 5.81. The van der Waals surface area contributed by atoms with Crippen LogP contribution in [0, 0.1) is 0 Å². The van der Waals surface area contributed by atoms with E-state index in [-0.39, 0.29) is 5.91 Å². The Morgan fingerprint density at radius 3 is 2.55 bits per heavy atom. The van der Waals surface area contributed by atoms with Crippen molar-refractivity contribution in [2.45, 2.75) is 32.4 Å². The highest BCUT2D eigenvalue weighted by molar-refractivity contribution is 5.94. The minimum Gasteiger partial charge on any atom is -0.336 e. The van der Waals surface area contributed by atoms with Crippen molar-refractivity contribution < 1.29 is 4.79 Å². The molecule has 1 fully saturated rings. The van der Waals surface area contributed by atoms with Gasteiger partial charge in [-0.25, -0.2) is 0 Å². The van der Waals surface area contributed by atoms with Gasteiger partial charge in [-0.15, -0.1) is 0 Å². The molecule has 1 saturated heterocycles. The predicted molar refractivity (Wildman–Crippen MR) is 81.8 cm³/mol. The second kappa shape index (κ2) is 6.37. The van der Waals surface area contributed by atoms with Crippen LogP contribution in [0.25, 0.3) is 0 Å². The van der Waals surface area contributed by atoms with Gasteiger partial charge in [-0.1, -0.05) is 12.1 Å². The van der Waals surface area contributed by atoms with Crippen molar-refractivity contribution in [3.05, 3.63) is 35.4 Å². The van der Waals surface area contributed by atoms with Gasteiger partial charge in [0, 0.05) is 30.7 Å². The lowest BCUT2D eigenvalue weighted by Gasteiger charge is -2.42.